The van der Waals surface area contributed by atoms with Gasteiger partial charge in [0, 0.05) is 0 Å². The molecule has 0 radical (unpaired) electrons. The van der Waals surface area contributed by atoms with Crippen molar-refractivity contribution in [1.29, 1.82) is 0 Å². The van der Waals surface area contributed by atoms with Crippen molar-refractivity contribution in [3.05, 3.63) is 176 Å². The maximum atomic E-state index is 9.04. The van der Waals surface area contributed by atoms with Gasteiger partial charge in [-0.3, -0.25) is 0 Å². The second-order valence-corrected chi connectivity index (χ2v) is 16.4. The number of hydrogen-bond acceptors (Lipinski definition) is 14. The third-order valence-corrected chi connectivity index (χ3v) is 8.11. The van der Waals surface area contributed by atoms with E-state index in [1.54, 1.807) is 36.4 Å². The van der Waals surface area contributed by atoms with E-state index in [-0.39, 0.29) is 65.2 Å². The molecule has 0 aliphatic carbocycles. The number of phosphoric acid groups is 2. The Bertz CT molecular complexity index is 2020. The molecule has 0 saturated heterocycles. The fourth-order valence-corrected chi connectivity index (χ4v) is 4.83. The summed E-state index contributed by atoms with van der Waals surface area (Å²) in [4.78, 5) is 51.3. The summed E-state index contributed by atoms with van der Waals surface area (Å²) in [7, 11) is -10.8. The fraction of sp³-hybridized carbons (Fsp3) is 0.250. The van der Waals surface area contributed by atoms with Crippen molar-refractivity contribution in [3.8, 4) is 34.5 Å². The molecular formula is C48H60O14P2Ti3. The number of hydrogen-bond donors (Lipinski definition) is 6. The zero-order valence-corrected chi connectivity index (χ0v) is 46.2. The number of aryl methyl sites for hydroxylation is 12. The topological polar surface area (TPSA) is 294 Å². The molecule has 67 heavy (non-hydrogen) atoms. The van der Waals surface area contributed by atoms with E-state index in [4.69, 9.17) is 69.1 Å². The van der Waals surface area contributed by atoms with Gasteiger partial charge < -0.3 is 69.1 Å². The Labute approximate surface area is 440 Å². The van der Waals surface area contributed by atoms with Gasteiger partial charge in [-0.15, -0.1) is 0 Å². The van der Waals surface area contributed by atoms with Gasteiger partial charge in [0.25, 0.3) is 0 Å². The van der Waals surface area contributed by atoms with Gasteiger partial charge in [0.1, 0.15) is 34.5 Å². The Balaban J connectivity index is -0.000000219. The molecule has 0 saturated carbocycles. The standard InChI is InChI=1S/6C8H10O.2H3O4P.3Ti/c6*1-6-3-4-8(9)7(2)5-6;2*1-5(2,3)4;;;/h6*3-5,9H,1-2H3;2*(H3,1,2,3,4);;;/q;;;;;;;;3*+2/p-6. The van der Waals surface area contributed by atoms with E-state index in [1.807, 2.05) is 156 Å². The summed E-state index contributed by atoms with van der Waals surface area (Å²) in [6.07, 6.45) is 0. The van der Waals surface area contributed by atoms with Crippen LogP contribution in [0.4, 0.5) is 0 Å². The SMILES string of the molecule is Cc1ccc(O)c(C)c1.Cc1ccc(O)c(C)c1.Cc1ccc(O)c(C)c1.Cc1ccc(O)c(C)c1.Cc1ccc(O)c(C)c1.Cc1ccc(O)c(C)c1.O=P([O-])([O-])[O-].O=P([O-])([O-])[O-].[Ti+2].[Ti+2].[Ti+2]. The normalized spacial score (nSPS) is 9.46. The van der Waals surface area contributed by atoms with Gasteiger partial charge in [0.2, 0.25) is 0 Å². The summed E-state index contributed by atoms with van der Waals surface area (Å²) in [6.45, 7) is 23.4. The van der Waals surface area contributed by atoms with E-state index in [1.165, 1.54) is 33.4 Å². The third-order valence-electron chi connectivity index (χ3n) is 8.11. The second-order valence-electron chi connectivity index (χ2n) is 14.6. The number of aromatic hydroxyl groups is 6. The molecular weight excluding hydrogens is 1010 g/mol. The summed E-state index contributed by atoms with van der Waals surface area (Å²) in [6, 6.07) is 33.3. The Kier molecular flexibility index (Phi) is 39.4. The molecule has 0 aliphatic rings. The molecule has 6 N–H and O–H groups in total. The average molecular weight is 1070 g/mol. The molecule has 19 heteroatoms. The van der Waals surface area contributed by atoms with Gasteiger partial charge in [0.15, 0.2) is 0 Å². The molecule has 6 aromatic rings. The monoisotopic (exact) mass is 1070 g/mol. The minimum absolute atomic E-state index is 0. The predicted octanol–water partition coefficient (Wildman–Crippen LogP) is 6.40. The molecule has 0 fully saturated rings. The molecule has 0 spiro atoms. The molecule has 0 atom stereocenters. The summed E-state index contributed by atoms with van der Waals surface area (Å²) in [5.41, 5.74) is 12.8. The molecule has 0 unspecified atom stereocenters. The first kappa shape index (κ1) is 72.5. The van der Waals surface area contributed by atoms with Gasteiger partial charge in [-0.05, 0) is 153 Å². The van der Waals surface area contributed by atoms with Crippen LogP contribution >= 0.6 is 15.6 Å². The number of benzene rings is 6. The summed E-state index contributed by atoms with van der Waals surface area (Å²) < 4.78 is 17.1. The number of phenols is 6. The third kappa shape index (κ3) is 41.2. The van der Waals surface area contributed by atoms with Crippen molar-refractivity contribution in [2.75, 3.05) is 0 Å². The van der Waals surface area contributed by atoms with Crippen LogP contribution in [0.5, 0.6) is 34.5 Å². The van der Waals surface area contributed by atoms with Gasteiger partial charge in [0.05, 0.1) is 0 Å². The second kappa shape index (κ2) is 36.5. The van der Waals surface area contributed by atoms with E-state index >= 15 is 0 Å². The van der Waals surface area contributed by atoms with Crippen LogP contribution in [0.2, 0.25) is 0 Å². The van der Waals surface area contributed by atoms with E-state index in [9.17, 15) is 0 Å². The van der Waals surface area contributed by atoms with Crippen molar-refractivity contribution in [2.24, 2.45) is 0 Å². The zero-order chi connectivity index (χ0) is 50.1. The summed E-state index contributed by atoms with van der Waals surface area (Å²) in [5, 5.41) is 54.3. The molecule has 0 aromatic heterocycles. The van der Waals surface area contributed by atoms with Crippen LogP contribution in [0.1, 0.15) is 66.8 Å². The zero-order valence-electron chi connectivity index (χ0n) is 39.7. The van der Waals surface area contributed by atoms with Crippen molar-refractivity contribution < 1.29 is 134 Å². The first-order chi connectivity index (χ1) is 29.2. The first-order valence-corrected chi connectivity index (χ1v) is 22.2. The van der Waals surface area contributed by atoms with E-state index in [0.29, 0.717) is 34.5 Å². The Morgan fingerprint density at radius 3 is 0.418 bits per heavy atom. The van der Waals surface area contributed by atoms with E-state index in [2.05, 4.69) is 0 Å². The van der Waals surface area contributed by atoms with Crippen LogP contribution in [0.25, 0.3) is 0 Å². The maximum Gasteiger partial charge on any atom is 2.00 e. The van der Waals surface area contributed by atoms with Gasteiger partial charge in [-0.2, -0.15) is 15.6 Å². The Hall–Kier alpha value is -3.52. The molecule has 6 rings (SSSR count). The van der Waals surface area contributed by atoms with Crippen LogP contribution in [0.15, 0.2) is 109 Å². The van der Waals surface area contributed by atoms with Crippen LogP contribution in [0.3, 0.4) is 0 Å². The van der Waals surface area contributed by atoms with Gasteiger partial charge >= 0.3 is 65.2 Å². The predicted molar refractivity (Wildman–Crippen MR) is 241 cm³/mol. The quantitative estimate of drug-likeness (QED) is 0.0709. The van der Waals surface area contributed by atoms with Gasteiger partial charge in [-0.25, -0.2) is 0 Å². The van der Waals surface area contributed by atoms with Crippen LogP contribution in [-0.2, 0) is 74.3 Å². The summed E-state index contributed by atoms with van der Waals surface area (Å²) >= 11 is 0. The van der Waals surface area contributed by atoms with Crippen molar-refractivity contribution in [1.82, 2.24) is 0 Å². The molecule has 0 aliphatic heterocycles. The smallest absolute Gasteiger partial charge is 0.822 e. The first-order valence-electron chi connectivity index (χ1n) is 19.2. The van der Waals surface area contributed by atoms with E-state index < -0.39 is 15.6 Å². The molecule has 0 amide bonds. The average Bonchev–Trinajstić information content (AvgIpc) is 3.15. The molecule has 0 bridgehead atoms. The van der Waals surface area contributed by atoms with Crippen LogP contribution in [0, 0.1) is 83.1 Å². The molecule has 0 heterocycles. The van der Waals surface area contributed by atoms with Crippen molar-refractivity contribution in [2.45, 2.75) is 83.1 Å². The number of phenolic OH excluding ortho intramolecular Hbond substituents is 6. The van der Waals surface area contributed by atoms with Crippen LogP contribution in [-0.4, -0.2) is 30.6 Å². The minimum Gasteiger partial charge on any atom is -0.822 e. The van der Waals surface area contributed by atoms with E-state index in [0.717, 1.165) is 33.4 Å². The maximum absolute atomic E-state index is 9.04. The van der Waals surface area contributed by atoms with Gasteiger partial charge in [-0.1, -0.05) is 106 Å². The summed E-state index contributed by atoms with van der Waals surface area (Å²) in [5.74, 6) is 2.25. The molecule has 6 aromatic carbocycles. The largest absolute Gasteiger partial charge is 2.00 e. The fourth-order valence-electron chi connectivity index (χ4n) is 4.83. The minimum atomic E-state index is -5.39. The molecule has 358 valence electrons. The van der Waals surface area contributed by atoms with Crippen molar-refractivity contribution in [3.63, 3.8) is 0 Å². The Morgan fingerprint density at radius 2 is 0.358 bits per heavy atom. The molecule has 14 nitrogen and oxygen atoms in total. The number of rotatable bonds is 0. The van der Waals surface area contributed by atoms with Crippen molar-refractivity contribution >= 4 is 15.6 Å². The Morgan fingerprint density at radius 1 is 0.269 bits per heavy atom. The van der Waals surface area contributed by atoms with Crippen LogP contribution < -0.4 is 29.4 Å².